The van der Waals surface area contributed by atoms with Crippen LogP contribution in [0.2, 0.25) is 0 Å². The minimum atomic E-state index is -0.423. The number of ether oxygens (including phenoxy) is 1. The van der Waals surface area contributed by atoms with E-state index in [2.05, 4.69) is 0 Å². The molecule has 0 bridgehead atoms. The van der Waals surface area contributed by atoms with Crippen LogP contribution >= 0.6 is 22.6 Å². The highest BCUT2D eigenvalue weighted by molar-refractivity contribution is 14.1. The molecule has 14 heavy (non-hydrogen) atoms. The van der Waals surface area contributed by atoms with Gasteiger partial charge in [0.2, 0.25) is 0 Å². The molecular weight excluding hydrogens is 297 g/mol. The Morgan fingerprint density at radius 2 is 2.29 bits per heavy atom. The van der Waals surface area contributed by atoms with Crippen LogP contribution in [-0.2, 0) is 0 Å². The normalized spacial score (nSPS) is 9.86. The average molecular weight is 307 g/mol. The summed E-state index contributed by atoms with van der Waals surface area (Å²) in [7, 11) is 0. The lowest BCUT2D eigenvalue weighted by Gasteiger charge is -2.04. The van der Waals surface area contributed by atoms with Crippen molar-refractivity contribution in [2.45, 2.75) is 13.3 Å². The maximum absolute atomic E-state index is 10.7. The molecule has 0 N–H and O–H groups in total. The van der Waals surface area contributed by atoms with Crippen LogP contribution in [0.25, 0.3) is 0 Å². The Labute approximate surface area is 95.6 Å². The number of halogens is 1. The van der Waals surface area contributed by atoms with Crippen LogP contribution in [0.4, 0.5) is 5.69 Å². The summed E-state index contributed by atoms with van der Waals surface area (Å²) in [6.45, 7) is 2.46. The van der Waals surface area contributed by atoms with E-state index in [0.717, 1.165) is 9.99 Å². The molecule has 0 heterocycles. The lowest BCUT2D eigenvalue weighted by atomic mass is 10.3. The van der Waals surface area contributed by atoms with Gasteiger partial charge in [0, 0.05) is 9.64 Å². The third-order valence-electron chi connectivity index (χ3n) is 1.58. The zero-order chi connectivity index (χ0) is 10.6. The summed E-state index contributed by atoms with van der Waals surface area (Å²) in [6, 6.07) is 4.93. The Morgan fingerprint density at radius 3 is 2.86 bits per heavy atom. The predicted octanol–water partition coefficient (Wildman–Crippen LogP) is 2.99. The second-order valence-corrected chi connectivity index (χ2v) is 3.96. The monoisotopic (exact) mass is 307 g/mol. The van der Waals surface area contributed by atoms with Crippen molar-refractivity contribution in [3.05, 3.63) is 31.9 Å². The molecule has 0 fully saturated rings. The van der Waals surface area contributed by atoms with E-state index in [1.54, 1.807) is 12.1 Å². The van der Waals surface area contributed by atoms with E-state index >= 15 is 0 Å². The number of nitro benzene ring substituents is 1. The Bertz CT molecular complexity index is 341. The topological polar surface area (TPSA) is 52.4 Å². The van der Waals surface area contributed by atoms with E-state index < -0.39 is 4.92 Å². The van der Waals surface area contributed by atoms with Crippen molar-refractivity contribution < 1.29 is 9.66 Å². The Hall–Kier alpha value is -0.850. The van der Waals surface area contributed by atoms with Crippen molar-refractivity contribution in [3.8, 4) is 5.75 Å². The van der Waals surface area contributed by atoms with E-state index in [0.29, 0.717) is 12.4 Å². The highest BCUT2D eigenvalue weighted by Gasteiger charge is 2.14. The molecule has 0 aliphatic rings. The van der Waals surface area contributed by atoms with Crippen LogP contribution in [0.1, 0.15) is 13.3 Å². The second-order valence-electron chi connectivity index (χ2n) is 2.72. The van der Waals surface area contributed by atoms with Crippen molar-refractivity contribution in [3.63, 3.8) is 0 Å². The van der Waals surface area contributed by atoms with Crippen molar-refractivity contribution in [1.82, 2.24) is 0 Å². The summed E-state index contributed by atoms with van der Waals surface area (Å²) in [5.74, 6) is 0.345. The molecule has 0 saturated heterocycles. The van der Waals surface area contributed by atoms with Gasteiger partial charge >= 0.3 is 5.69 Å². The van der Waals surface area contributed by atoms with Gasteiger partial charge in [-0.25, -0.2) is 0 Å². The van der Waals surface area contributed by atoms with Crippen LogP contribution in [0.3, 0.4) is 0 Å². The molecule has 0 radical (unpaired) electrons. The molecule has 0 saturated carbocycles. The van der Waals surface area contributed by atoms with E-state index in [1.807, 2.05) is 29.5 Å². The van der Waals surface area contributed by atoms with Crippen LogP contribution in [0, 0.1) is 13.7 Å². The van der Waals surface area contributed by atoms with Crippen molar-refractivity contribution >= 4 is 28.3 Å². The van der Waals surface area contributed by atoms with Crippen LogP contribution in [-0.4, -0.2) is 11.5 Å². The number of benzene rings is 1. The molecule has 4 nitrogen and oxygen atoms in total. The summed E-state index contributed by atoms with van der Waals surface area (Å²) in [5.41, 5.74) is 0.0327. The summed E-state index contributed by atoms with van der Waals surface area (Å²) >= 11 is 2.03. The summed E-state index contributed by atoms with van der Waals surface area (Å²) < 4.78 is 6.09. The Balaban J connectivity index is 2.96. The zero-order valence-electron chi connectivity index (χ0n) is 7.70. The van der Waals surface area contributed by atoms with E-state index in [1.165, 1.54) is 6.07 Å². The standard InChI is InChI=1S/C9H10INO3/c1-2-5-14-9-4-3-7(10)6-8(9)11(12)13/h3-4,6H,2,5H2,1H3. The first-order chi connectivity index (χ1) is 6.65. The van der Waals surface area contributed by atoms with Gasteiger partial charge in [0.05, 0.1) is 11.5 Å². The highest BCUT2D eigenvalue weighted by atomic mass is 127. The second kappa shape index (κ2) is 5.14. The van der Waals surface area contributed by atoms with Gasteiger partial charge in [-0.15, -0.1) is 0 Å². The number of rotatable bonds is 4. The third kappa shape index (κ3) is 2.83. The van der Waals surface area contributed by atoms with E-state index in [-0.39, 0.29) is 5.69 Å². The first-order valence-corrected chi connectivity index (χ1v) is 5.29. The van der Waals surface area contributed by atoms with Crippen molar-refractivity contribution in [2.75, 3.05) is 6.61 Å². The first-order valence-electron chi connectivity index (χ1n) is 4.22. The molecule has 0 unspecified atom stereocenters. The van der Waals surface area contributed by atoms with E-state index in [9.17, 15) is 10.1 Å². The molecule has 1 rings (SSSR count). The largest absolute Gasteiger partial charge is 0.487 e. The van der Waals surface area contributed by atoms with Crippen molar-refractivity contribution in [1.29, 1.82) is 0 Å². The van der Waals surface area contributed by atoms with Gasteiger partial charge < -0.3 is 4.74 Å². The number of nitrogens with zero attached hydrogens (tertiary/aromatic N) is 1. The van der Waals surface area contributed by atoms with Gasteiger partial charge in [-0.2, -0.15) is 0 Å². The van der Waals surface area contributed by atoms with E-state index in [4.69, 9.17) is 4.74 Å². The molecule has 76 valence electrons. The lowest BCUT2D eigenvalue weighted by molar-refractivity contribution is -0.385. The van der Waals surface area contributed by atoms with Gasteiger partial charge in [-0.05, 0) is 41.1 Å². The first kappa shape index (κ1) is 11.2. The fraction of sp³-hybridized carbons (Fsp3) is 0.333. The summed E-state index contributed by atoms with van der Waals surface area (Å²) in [4.78, 5) is 10.2. The lowest BCUT2D eigenvalue weighted by Crippen LogP contribution is -1.99. The molecule has 0 spiro atoms. The SMILES string of the molecule is CCCOc1ccc(I)cc1[N+](=O)[O-]. The molecular formula is C9H10INO3. The van der Waals surface area contributed by atoms with Gasteiger partial charge in [0.1, 0.15) is 0 Å². The number of hydrogen-bond acceptors (Lipinski definition) is 3. The molecule has 0 amide bonds. The van der Waals surface area contributed by atoms with Gasteiger partial charge in [-0.3, -0.25) is 10.1 Å². The summed E-state index contributed by atoms with van der Waals surface area (Å²) in [6.07, 6.45) is 0.836. The van der Waals surface area contributed by atoms with Gasteiger partial charge in [-0.1, -0.05) is 6.92 Å². The maximum Gasteiger partial charge on any atom is 0.311 e. The summed E-state index contributed by atoms with van der Waals surface area (Å²) in [5, 5.41) is 10.7. The molecule has 0 atom stereocenters. The fourth-order valence-electron chi connectivity index (χ4n) is 0.967. The minimum Gasteiger partial charge on any atom is -0.487 e. The maximum atomic E-state index is 10.7. The van der Waals surface area contributed by atoms with Crippen molar-refractivity contribution in [2.24, 2.45) is 0 Å². The average Bonchev–Trinajstić information content (AvgIpc) is 2.15. The molecule has 5 heteroatoms. The smallest absolute Gasteiger partial charge is 0.311 e. The van der Waals surface area contributed by atoms with Crippen LogP contribution in [0.5, 0.6) is 5.75 Å². The van der Waals surface area contributed by atoms with Gasteiger partial charge in [0.25, 0.3) is 0 Å². The Morgan fingerprint density at radius 1 is 1.57 bits per heavy atom. The van der Waals surface area contributed by atoms with Crippen LogP contribution in [0.15, 0.2) is 18.2 Å². The highest BCUT2D eigenvalue weighted by Crippen LogP contribution is 2.28. The molecule has 1 aromatic carbocycles. The minimum absolute atomic E-state index is 0.0327. The number of hydrogen-bond donors (Lipinski definition) is 0. The predicted molar refractivity (Wildman–Crippen MR) is 61.6 cm³/mol. The zero-order valence-corrected chi connectivity index (χ0v) is 9.85. The molecule has 0 aromatic heterocycles. The Kier molecular flexibility index (Phi) is 4.12. The third-order valence-corrected chi connectivity index (χ3v) is 2.25. The quantitative estimate of drug-likeness (QED) is 0.488. The number of nitro groups is 1. The fourth-order valence-corrected chi connectivity index (χ4v) is 1.44. The molecule has 1 aromatic rings. The van der Waals surface area contributed by atoms with Gasteiger partial charge in [0.15, 0.2) is 5.75 Å². The molecule has 0 aliphatic heterocycles. The molecule has 0 aliphatic carbocycles. The van der Waals surface area contributed by atoms with Crippen LogP contribution < -0.4 is 4.74 Å².